The van der Waals surface area contributed by atoms with Crippen LogP contribution < -0.4 is 4.74 Å². The third kappa shape index (κ3) is 4.20. The molecule has 102 valence electrons. The summed E-state index contributed by atoms with van der Waals surface area (Å²) in [5.74, 6) is 0.215. The van der Waals surface area contributed by atoms with E-state index in [2.05, 4.69) is 14.7 Å². The molecule has 0 unspecified atom stereocenters. The summed E-state index contributed by atoms with van der Waals surface area (Å²) in [6.07, 6.45) is 7.03. The molecule has 0 atom stereocenters. The SMILES string of the molecule is COC(=O)COc1ccc(C=Cc2ccncn2)cc1. The van der Waals surface area contributed by atoms with Gasteiger partial charge in [-0.3, -0.25) is 0 Å². The van der Waals surface area contributed by atoms with E-state index in [0.29, 0.717) is 5.75 Å². The minimum absolute atomic E-state index is 0.0907. The van der Waals surface area contributed by atoms with Crippen LogP contribution >= 0.6 is 0 Å². The quantitative estimate of drug-likeness (QED) is 0.779. The van der Waals surface area contributed by atoms with Gasteiger partial charge < -0.3 is 9.47 Å². The number of aromatic nitrogens is 2. The molecule has 0 bridgehead atoms. The third-order valence-corrected chi connectivity index (χ3v) is 2.52. The molecule has 0 aliphatic carbocycles. The lowest BCUT2D eigenvalue weighted by Gasteiger charge is -2.04. The van der Waals surface area contributed by atoms with Gasteiger partial charge in [0.25, 0.3) is 0 Å². The second-order valence-electron chi connectivity index (χ2n) is 3.90. The Morgan fingerprint density at radius 3 is 2.65 bits per heavy atom. The summed E-state index contributed by atoms with van der Waals surface area (Å²) in [4.78, 5) is 18.9. The van der Waals surface area contributed by atoms with Crippen LogP contribution in [0.2, 0.25) is 0 Å². The molecule has 0 saturated carbocycles. The number of benzene rings is 1. The van der Waals surface area contributed by atoms with Crippen LogP contribution in [0.15, 0.2) is 42.9 Å². The van der Waals surface area contributed by atoms with Gasteiger partial charge in [-0.15, -0.1) is 0 Å². The number of esters is 1. The van der Waals surface area contributed by atoms with Gasteiger partial charge in [0.05, 0.1) is 12.8 Å². The molecule has 0 saturated heterocycles. The zero-order chi connectivity index (χ0) is 14.2. The van der Waals surface area contributed by atoms with E-state index in [4.69, 9.17) is 4.74 Å². The van der Waals surface area contributed by atoms with Gasteiger partial charge in [0.2, 0.25) is 0 Å². The Hall–Kier alpha value is -2.69. The molecule has 0 amide bonds. The highest BCUT2D eigenvalue weighted by Crippen LogP contribution is 2.14. The van der Waals surface area contributed by atoms with Crippen molar-refractivity contribution in [3.05, 3.63) is 54.1 Å². The number of nitrogens with zero attached hydrogens (tertiary/aromatic N) is 2. The first-order valence-electron chi connectivity index (χ1n) is 6.02. The van der Waals surface area contributed by atoms with Crippen LogP contribution in [0.5, 0.6) is 5.75 Å². The van der Waals surface area contributed by atoms with Crippen molar-refractivity contribution in [1.29, 1.82) is 0 Å². The molecule has 0 fully saturated rings. The van der Waals surface area contributed by atoms with Crippen molar-refractivity contribution in [2.24, 2.45) is 0 Å². The normalized spacial score (nSPS) is 10.4. The first-order valence-corrected chi connectivity index (χ1v) is 6.02. The largest absolute Gasteiger partial charge is 0.482 e. The van der Waals surface area contributed by atoms with Crippen LogP contribution in [-0.4, -0.2) is 29.7 Å². The first kappa shape index (κ1) is 13.7. The monoisotopic (exact) mass is 270 g/mol. The Balaban J connectivity index is 1.95. The molecular weight excluding hydrogens is 256 g/mol. The molecule has 0 N–H and O–H groups in total. The highest BCUT2D eigenvalue weighted by molar-refractivity contribution is 5.71. The van der Waals surface area contributed by atoms with Gasteiger partial charge in [-0.25, -0.2) is 14.8 Å². The van der Waals surface area contributed by atoms with E-state index >= 15 is 0 Å². The number of carbonyl (C=O) groups is 1. The smallest absolute Gasteiger partial charge is 0.343 e. The molecule has 5 heteroatoms. The highest BCUT2D eigenvalue weighted by Gasteiger charge is 2.00. The average molecular weight is 270 g/mol. The zero-order valence-electron chi connectivity index (χ0n) is 11.0. The summed E-state index contributed by atoms with van der Waals surface area (Å²) in [6, 6.07) is 9.20. The summed E-state index contributed by atoms with van der Waals surface area (Å²) >= 11 is 0. The second-order valence-corrected chi connectivity index (χ2v) is 3.90. The molecule has 1 aromatic heterocycles. The molecule has 2 rings (SSSR count). The van der Waals surface area contributed by atoms with Gasteiger partial charge >= 0.3 is 5.97 Å². The molecule has 20 heavy (non-hydrogen) atoms. The van der Waals surface area contributed by atoms with Crippen LogP contribution in [0, 0.1) is 0 Å². The second kappa shape index (κ2) is 7.04. The van der Waals surface area contributed by atoms with Gasteiger partial charge in [-0.2, -0.15) is 0 Å². The molecule has 0 aliphatic heterocycles. The van der Waals surface area contributed by atoms with E-state index in [1.807, 2.05) is 30.4 Å². The van der Waals surface area contributed by atoms with Crippen LogP contribution in [0.3, 0.4) is 0 Å². The summed E-state index contributed by atoms with van der Waals surface area (Å²) < 4.78 is 9.75. The van der Waals surface area contributed by atoms with Gasteiger partial charge in [0, 0.05) is 6.20 Å². The lowest BCUT2D eigenvalue weighted by atomic mass is 10.2. The fourth-order valence-electron chi connectivity index (χ4n) is 1.46. The maximum absolute atomic E-state index is 10.9. The van der Waals surface area contributed by atoms with Gasteiger partial charge in [0.15, 0.2) is 6.61 Å². The molecular formula is C15H14N2O3. The molecule has 5 nitrogen and oxygen atoms in total. The van der Waals surface area contributed by atoms with Crippen LogP contribution in [-0.2, 0) is 9.53 Å². The molecule has 0 radical (unpaired) electrons. The van der Waals surface area contributed by atoms with Gasteiger partial charge in [-0.05, 0) is 29.8 Å². The van der Waals surface area contributed by atoms with E-state index in [1.165, 1.54) is 13.4 Å². The Kier molecular flexibility index (Phi) is 4.83. The topological polar surface area (TPSA) is 61.3 Å². The number of ether oxygens (including phenoxy) is 2. The zero-order valence-corrected chi connectivity index (χ0v) is 11.0. The maximum atomic E-state index is 10.9. The molecule has 1 aromatic carbocycles. The number of rotatable bonds is 5. The van der Waals surface area contributed by atoms with Crippen molar-refractivity contribution in [2.75, 3.05) is 13.7 Å². The molecule has 2 aromatic rings. The van der Waals surface area contributed by atoms with Crippen molar-refractivity contribution in [3.63, 3.8) is 0 Å². The predicted molar refractivity (Wildman–Crippen MR) is 74.9 cm³/mol. The number of methoxy groups -OCH3 is 1. The molecule has 1 heterocycles. The van der Waals surface area contributed by atoms with Crippen LogP contribution in [0.4, 0.5) is 0 Å². The summed E-state index contributed by atoms with van der Waals surface area (Å²) in [6.45, 7) is -0.0907. The van der Waals surface area contributed by atoms with Crippen molar-refractivity contribution >= 4 is 18.1 Å². The maximum Gasteiger partial charge on any atom is 0.343 e. The van der Waals surface area contributed by atoms with Gasteiger partial charge in [0.1, 0.15) is 12.1 Å². The molecule has 0 aliphatic rings. The summed E-state index contributed by atoms with van der Waals surface area (Å²) in [7, 11) is 1.33. The van der Waals surface area contributed by atoms with Gasteiger partial charge in [-0.1, -0.05) is 18.2 Å². The first-order chi connectivity index (χ1) is 9.78. The summed E-state index contributed by atoms with van der Waals surface area (Å²) in [5.41, 5.74) is 1.85. The van der Waals surface area contributed by atoms with E-state index in [1.54, 1.807) is 18.3 Å². The van der Waals surface area contributed by atoms with Crippen molar-refractivity contribution < 1.29 is 14.3 Å². The number of hydrogen-bond donors (Lipinski definition) is 0. The Morgan fingerprint density at radius 1 is 1.20 bits per heavy atom. The van der Waals surface area contributed by atoms with E-state index < -0.39 is 5.97 Å². The number of carbonyl (C=O) groups excluding carboxylic acids is 1. The minimum Gasteiger partial charge on any atom is -0.482 e. The minimum atomic E-state index is -0.405. The number of hydrogen-bond acceptors (Lipinski definition) is 5. The standard InChI is InChI=1S/C15H14N2O3/c1-19-15(18)10-20-14-6-3-12(4-7-14)2-5-13-8-9-16-11-17-13/h2-9,11H,10H2,1H3. The van der Waals surface area contributed by atoms with E-state index in [0.717, 1.165) is 11.3 Å². The Bertz CT molecular complexity index is 580. The Morgan fingerprint density at radius 2 is 2.00 bits per heavy atom. The predicted octanol–water partition coefficient (Wildman–Crippen LogP) is 2.20. The van der Waals surface area contributed by atoms with Crippen molar-refractivity contribution in [3.8, 4) is 5.75 Å². The average Bonchev–Trinajstić information content (AvgIpc) is 2.52. The molecule has 0 spiro atoms. The van der Waals surface area contributed by atoms with Crippen LogP contribution in [0.1, 0.15) is 11.3 Å². The van der Waals surface area contributed by atoms with Crippen molar-refractivity contribution in [2.45, 2.75) is 0 Å². The highest BCUT2D eigenvalue weighted by atomic mass is 16.6. The Labute approximate surface area is 116 Å². The van der Waals surface area contributed by atoms with Crippen LogP contribution in [0.25, 0.3) is 12.2 Å². The lowest BCUT2D eigenvalue weighted by molar-refractivity contribution is -0.142. The fourth-order valence-corrected chi connectivity index (χ4v) is 1.46. The van der Waals surface area contributed by atoms with E-state index in [-0.39, 0.29) is 6.61 Å². The third-order valence-electron chi connectivity index (χ3n) is 2.52. The fraction of sp³-hybridized carbons (Fsp3) is 0.133. The van der Waals surface area contributed by atoms with E-state index in [9.17, 15) is 4.79 Å². The van der Waals surface area contributed by atoms with Crippen molar-refractivity contribution in [1.82, 2.24) is 9.97 Å². The lowest BCUT2D eigenvalue weighted by Crippen LogP contribution is -2.12. The summed E-state index contributed by atoms with van der Waals surface area (Å²) in [5, 5.41) is 0.